The van der Waals surface area contributed by atoms with E-state index in [9.17, 15) is 23.1 Å². The Bertz CT molecular complexity index is 526. The second-order valence-corrected chi connectivity index (χ2v) is 5.81. The molecule has 23 heavy (non-hydrogen) atoms. The smallest absolute Gasteiger partial charge is 0.393 e. The first-order valence-corrected chi connectivity index (χ1v) is 7.74. The lowest BCUT2D eigenvalue weighted by Gasteiger charge is -2.26. The van der Waals surface area contributed by atoms with Gasteiger partial charge < -0.3 is 15.7 Å². The van der Waals surface area contributed by atoms with Crippen molar-refractivity contribution in [2.45, 2.75) is 50.4 Å². The van der Waals surface area contributed by atoms with Gasteiger partial charge in [0.05, 0.1) is 11.7 Å². The molecule has 1 fully saturated rings. The number of urea groups is 1. The number of aliphatic hydroxyl groups excluding tert-OH is 1. The van der Waals surface area contributed by atoms with Crippen molar-refractivity contribution in [1.29, 1.82) is 0 Å². The summed E-state index contributed by atoms with van der Waals surface area (Å²) in [6.45, 7) is 0.133. The molecule has 0 radical (unpaired) electrons. The van der Waals surface area contributed by atoms with E-state index in [1.54, 1.807) is 6.07 Å². The van der Waals surface area contributed by atoms with Gasteiger partial charge in [0.1, 0.15) is 0 Å². The van der Waals surface area contributed by atoms with Crippen LogP contribution in [0.4, 0.5) is 18.0 Å². The molecule has 4 nitrogen and oxygen atoms in total. The predicted molar refractivity (Wildman–Crippen MR) is 79.9 cm³/mol. The lowest BCUT2D eigenvalue weighted by Crippen LogP contribution is -2.44. The summed E-state index contributed by atoms with van der Waals surface area (Å²) in [5.41, 5.74) is -0.496. The minimum Gasteiger partial charge on any atom is -0.393 e. The van der Waals surface area contributed by atoms with Gasteiger partial charge in [-0.05, 0) is 43.7 Å². The molecule has 1 aromatic rings. The Morgan fingerprint density at radius 3 is 2.48 bits per heavy atom. The minimum atomic E-state index is -4.39. The molecule has 0 heterocycles. The first kappa shape index (κ1) is 17.6. The van der Waals surface area contributed by atoms with E-state index in [0.717, 1.165) is 6.07 Å². The maximum atomic E-state index is 12.9. The van der Waals surface area contributed by atoms with Crippen LogP contribution in [0, 0.1) is 0 Å². The molecule has 7 heteroatoms. The van der Waals surface area contributed by atoms with Crippen LogP contribution in [0.5, 0.6) is 0 Å². The highest BCUT2D eigenvalue weighted by Crippen LogP contribution is 2.31. The molecule has 0 atom stereocenters. The molecule has 128 valence electrons. The van der Waals surface area contributed by atoms with Crippen LogP contribution >= 0.6 is 0 Å². The van der Waals surface area contributed by atoms with Crippen LogP contribution < -0.4 is 10.6 Å². The Hall–Kier alpha value is -1.76. The quantitative estimate of drug-likeness (QED) is 0.795. The van der Waals surface area contributed by atoms with Crippen LogP contribution in [0.1, 0.15) is 36.8 Å². The summed E-state index contributed by atoms with van der Waals surface area (Å²) < 4.78 is 38.6. The molecule has 2 rings (SSSR count). The van der Waals surface area contributed by atoms with Gasteiger partial charge in [-0.25, -0.2) is 4.79 Å². The number of alkyl halides is 3. The zero-order valence-electron chi connectivity index (χ0n) is 12.7. The van der Waals surface area contributed by atoms with E-state index >= 15 is 0 Å². The fourth-order valence-corrected chi connectivity index (χ4v) is 2.78. The van der Waals surface area contributed by atoms with Crippen LogP contribution in [0.15, 0.2) is 24.3 Å². The van der Waals surface area contributed by atoms with Crippen molar-refractivity contribution in [2.24, 2.45) is 0 Å². The first-order valence-electron chi connectivity index (χ1n) is 7.74. The van der Waals surface area contributed by atoms with Gasteiger partial charge in [0.25, 0.3) is 0 Å². The van der Waals surface area contributed by atoms with E-state index in [2.05, 4.69) is 10.6 Å². The maximum absolute atomic E-state index is 12.9. The third-order valence-corrected chi connectivity index (χ3v) is 4.03. The maximum Gasteiger partial charge on any atom is 0.416 e. The molecule has 1 aliphatic carbocycles. The number of amides is 2. The summed E-state index contributed by atoms with van der Waals surface area (Å²) in [7, 11) is 0. The highest BCUT2D eigenvalue weighted by molar-refractivity contribution is 5.74. The third kappa shape index (κ3) is 5.42. The van der Waals surface area contributed by atoms with Gasteiger partial charge in [-0.2, -0.15) is 13.2 Å². The Balaban J connectivity index is 1.78. The van der Waals surface area contributed by atoms with Crippen LogP contribution in [0.2, 0.25) is 0 Å². The van der Waals surface area contributed by atoms with E-state index in [4.69, 9.17) is 0 Å². The second kappa shape index (κ2) is 7.68. The van der Waals surface area contributed by atoms with Crippen molar-refractivity contribution in [2.75, 3.05) is 6.54 Å². The highest BCUT2D eigenvalue weighted by atomic mass is 19.4. The zero-order chi connectivity index (χ0) is 16.9. The molecule has 0 bridgehead atoms. The molecule has 2 amide bonds. The molecule has 0 unspecified atom stereocenters. The molecular weight excluding hydrogens is 309 g/mol. The molecule has 0 saturated heterocycles. The Morgan fingerprint density at radius 2 is 1.83 bits per heavy atom. The average molecular weight is 330 g/mol. The molecule has 1 aromatic carbocycles. The number of aliphatic hydroxyl groups is 1. The van der Waals surface area contributed by atoms with Gasteiger partial charge in [0, 0.05) is 12.6 Å². The number of rotatable bonds is 4. The third-order valence-electron chi connectivity index (χ3n) is 4.03. The highest BCUT2D eigenvalue weighted by Gasteiger charge is 2.32. The normalized spacial score (nSPS) is 21.7. The number of hydrogen-bond donors (Lipinski definition) is 3. The molecular formula is C16H21F3N2O2. The van der Waals surface area contributed by atoms with Gasteiger partial charge in [-0.1, -0.05) is 18.2 Å². The Morgan fingerprint density at radius 1 is 1.17 bits per heavy atom. The molecule has 3 N–H and O–H groups in total. The molecule has 0 aromatic heterocycles. The van der Waals surface area contributed by atoms with Crippen LogP contribution in [-0.2, 0) is 12.6 Å². The Labute approximate surface area is 133 Å². The monoisotopic (exact) mass is 330 g/mol. The van der Waals surface area contributed by atoms with E-state index in [1.165, 1.54) is 12.1 Å². The summed E-state index contributed by atoms with van der Waals surface area (Å²) in [6, 6.07) is 5.01. The standard InChI is InChI=1S/C16H21F3N2O2/c17-16(18,19)14-4-2-1-3-11(14)9-10-20-15(23)21-12-5-7-13(22)8-6-12/h1-4,12-13,22H,5-10H2,(H2,20,21,23). The molecule has 1 aliphatic rings. The van der Waals surface area contributed by atoms with Crippen molar-refractivity contribution in [3.05, 3.63) is 35.4 Å². The number of hydrogen-bond acceptors (Lipinski definition) is 2. The SMILES string of the molecule is O=C(NCCc1ccccc1C(F)(F)F)NC1CCC(O)CC1. The Kier molecular flexibility index (Phi) is 5.87. The summed E-state index contributed by atoms with van der Waals surface area (Å²) in [6.07, 6.45) is -1.83. The van der Waals surface area contributed by atoms with Gasteiger partial charge >= 0.3 is 12.2 Å². The van der Waals surface area contributed by atoms with Gasteiger partial charge in [-0.15, -0.1) is 0 Å². The van der Waals surface area contributed by atoms with Crippen molar-refractivity contribution in [3.8, 4) is 0 Å². The van der Waals surface area contributed by atoms with Crippen LogP contribution in [0.25, 0.3) is 0 Å². The fraction of sp³-hybridized carbons (Fsp3) is 0.562. The van der Waals surface area contributed by atoms with Crippen molar-refractivity contribution < 1.29 is 23.1 Å². The summed E-state index contributed by atoms with van der Waals surface area (Å²) >= 11 is 0. The van der Waals surface area contributed by atoms with Gasteiger partial charge in [0.15, 0.2) is 0 Å². The topological polar surface area (TPSA) is 61.4 Å². The molecule has 1 saturated carbocycles. The van der Waals surface area contributed by atoms with Gasteiger partial charge in [-0.3, -0.25) is 0 Å². The van der Waals surface area contributed by atoms with Crippen LogP contribution in [-0.4, -0.2) is 29.8 Å². The largest absolute Gasteiger partial charge is 0.416 e. The minimum absolute atomic E-state index is 0.0147. The second-order valence-electron chi connectivity index (χ2n) is 5.81. The predicted octanol–water partition coefficient (Wildman–Crippen LogP) is 2.85. The number of benzene rings is 1. The molecule has 0 aliphatic heterocycles. The lowest BCUT2D eigenvalue weighted by molar-refractivity contribution is -0.138. The number of nitrogens with one attached hydrogen (secondary N) is 2. The van der Waals surface area contributed by atoms with Gasteiger partial charge in [0.2, 0.25) is 0 Å². The average Bonchev–Trinajstić information content (AvgIpc) is 2.49. The van der Waals surface area contributed by atoms with Crippen molar-refractivity contribution >= 4 is 6.03 Å². The van der Waals surface area contributed by atoms with E-state index in [-0.39, 0.29) is 36.7 Å². The molecule has 0 spiro atoms. The number of carbonyl (C=O) groups is 1. The van der Waals surface area contributed by atoms with E-state index in [0.29, 0.717) is 25.7 Å². The zero-order valence-corrected chi connectivity index (χ0v) is 12.7. The fourth-order valence-electron chi connectivity index (χ4n) is 2.78. The van der Waals surface area contributed by atoms with Crippen LogP contribution in [0.3, 0.4) is 0 Å². The van der Waals surface area contributed by atoms with Crippen molar-refractivity contribution in [1.82, 2.24) is 10.6 Å². The summed E-state index contributed by atoms with van der Waals surface area (Å²) in [5.74, 6) is 0. The number of carbonyl (C=O) groups excluding carboxylic acids is 1. The summed E-state index contributed by atoms with van der Waals surface area (Å²) in [4.78, 5) is 11.8. The van der Waals surface area contributed by atoms with E-state index < -0.39 is 11.7 Å². The van der Waals surface area contributed by atoms with E-state index in [1.807, 2.05) is 0 Å². The lowest BCUT2D eigenvalue weighted by atomic mass is 9.93. The van der Waals surface area contributed by atoms with Crippen molar-refractivity contribution in [3.63, 3.8) is 0 Å². The number of halogens is 3. The summed E-state index contributed by atoms with van der Waals surface area (Å²) in [5, 5.41) is 14.8. The first-order chi connectivity index (χ1) is 10.9.